The minimum atomic E-state index is -0.403. The van der Waals surface area contributed by atoms with Crippen LogP contribution in [-0.4, -0.2) is 60.5 Å². The van der Waals surface area contributed by atoms with Crippen molar-refractivity contribution < 1.29 is 19.1 Å². The van der Waals surface area contributed by atoms with Crippen LogP contribution in [0.25, 0.3) is 11.3 Å². The number of amides is 1. The molecule has 0 atom stereocenters. The van der Waals surface area contributed by atoms with Crippen LogP contribution >= 0.6 is 11.3 Å². The Morgan fingerprint density at radius 2 is 2.08 bits per heavy atom. The van der Waals surface area contributed by atoms with Crippen LogP contribution in [0.1, 0.15) is 51.3 Å². The molecule has 188 valence electrons. The summed E-state index contributed by atoms with van der Waals surface area (Å²) in [4.78, 5) is 33.6. The first-order valence-electron chi connectivity index (χ1n) is 12.4. The molecule has 0 bridgehead atoms. The lowest BCUT2D eigenvalue weighted by Gasteiger charge is -2.44. The topological polar surface area (TPSA) is 80.8 Å². The first kappa shape index (κ1) is 24.6. The van der Waals surface area contributed by atoms with E-state index in [0.29, 0.717) is 35.5 Å². The second-order valence-corrected chi connectivity index (χ2v) is 10.5. The number of fused-ring (bicyclic) bond motifs is 1. The van der Waals surface area contributed by atoms with E-state index >= 15 is 0 Å². The smallest absolute Gasteiger partial charge is 0.253 e. The molecule has 8 heteroatoms. The molecule has 0 unspecified atom stereocenters. The van der Waals surface area contributed by atoms with Gasteiger partial charge in [0.15, 0.2) is 5.78 Å². The van der Waals surface area contributed by atoms with Crippen molar-refractivity contribution in [3.05, 3.63) is 70.0 Å². The second kappa shape index (κ2) is 10.9. The van der Waals surface area contributed by atoms with E-state index < -0.39 is 5.60 Å². The van der Waals surface area contributed by atoms with Gasteiger partial charge in [0.05, 0.1) is 29.8 Å². The van der Waals surface area contributed by atoms with Gasteiger partial charge in [-0.1, -0.05) is 6.07 Å². The molecular formula is C28H31N3O4S. The van der Waals surface area contributed by atoms with Gasteiger partial charge in [0.25, 0.3) is 5.91 Å². The molecule has 5 rings (SSSR count). The molecule has 2 aliphatic rings. The van der Waals surface area contributed by atoms with Crippen molar-refractivity contribution in [2.75, 3.05) is 33.4 Å². The SMILES string of the molecule is COCCCN1CCC2(CC1)CC(=O)c1cc(-c3ccc(C(=O)NCc4cccs4)cn3)ccc1O2. The van der Waals surface area contributed by atoms with Gasteiger partial charge in [0.2, 0.25) is 0 Å². The molecular weight excluding hydrogens is 474 g/mol. The molecule has 0 saturated carbocycles. The Morgan fingerprint density at radius 1 is 1.22 bits per heavy atom. The lowest BCUT2D eigenvalue weighted by atomic mass is 9.82. The fourth-order valence-corrected chi connectivity index (χ4v) is 5.57. The average Bonchev–Trinajstić information content (AvgIpc) is 3.42. The van der Waals surface area contributed by atoms with Crippen LogP contribution in [0.5, 0.6) is 5.75 Å². The van der Waals surface area contributed by atoms with Gasteiger partial charge in [-0.3, -0.25) is 14.6 Å². The number of ether oxygens (including phenoxy) is 2. The highest BCUT2D eigenvalue weighted by Gasteiger charge is 2.42. The molecule has 2 aliphatic heterocycles. The van der Waals surface area contributed by atoms with E-state index in [4.69, 9.17) is 9.47 Å². The second-order valence-electron chi connectivity index (χ2n) is 9.48. The minimum absolute atomic E-state index is 0.121. The van der Waals surface area contributed by atoms with Gasteiger partial charge in [-0.2, -0.15) is 0 Å². The molecule has 2 aromatic heterocycles. The summed E-state index contributed by atoms with van der Waals surface area (Å²) in [5.74, 6) is 0.620. The van der Waals surface area contributed by atoms with Crippen LogP contribution in [0.3, 0.4) is 0 Å². The number of nitrogens with zero attached hydrogens (tertiary/aromatic N) is 2. The number of thiophene rings is 1. The van der Waals surface area contributed by atoms with Crippen LogP contribution in [0.4, 0.5) is 0 Å². The van der Waals surface area contributed by atoms with Gasteiger partial charge in [-0.25, -0.2) is 0 Å². The number of aromatic nitrogens is 1. The zero-order chi connectivity index (χ0) is 25.0. The van der Waals surface area contributed by atoms with Gasteiger partial charge in [0, 0.05) is 62.8 Å². The number of pyridine rings is 1. The van der Waals surface area contributed by atoms with Crippen LogP contribution in [0.15, 0.2) is 54.0 Å². The van der Waals surface area contributed by atoms with E-state index in [2.05, 4.69) is 15.2 Å². The zero-order valence-corrected chi connectivity index (χ0v) is 21.3. The molecule has 1 fully saturated rings. The molecule has 7 nitrogen and oxygen atoms in total. The molecule has 36 heavy (non-hydrogen) atoms. The summed E-state index contributed by atoms with van der Waals surface area (Å²) in [5, 5.41) is 4.90. The molecule has 4 heterocycles. The third-order valence-corrected chi connectivity index (χ3v) is 7.88. The highest BCUT2D eigenvalue weighted by molar-refractivity contribution is 7.09. The molecule has 1 aromatic carbocycles. The zero-order valence-electron chi connectivity index (χ0n) is 20.5. The van der Waals surface area contributed by atoms with Crippen molar-refractivity contribution in [1.29, 1.82) is 0 Å². The first-order valence-corrected chi connectivity index (χ1v) is 13.3. The predicted octanol–water partition coefficient (Wildman–Crippen LogP) is 4.58. The Morgan fingerprint density at radius 3 is 2.81 bits per heavy atom. The molecule has 3 aromatic rings. The maximum absolute atomic E-state index is 13.2. The average molecular weight is 506 g/mol. The van der Waals surface area contributed by atoms with Crippen LogP contribution in [0, 0.1) is 0 Å². The standard InChI is InChI=1S/C28H31N3O4S/c1-34-14-3-11-31-12-9-28(10-13-31)17-25(32)23-16-20(6-8-26(23)35-28)24-7-5-21(18-29-24)27(33)30-19-22-4-2-15-36-22/h2,4-8,15-16,18H,3,9-14,17,19H2,1H3,(H,30,33). The number of nitrogens with one attached hydrogen (secondary N) is 1. The number of ketones is 1. The molecule has 1 saturated heterocycles. The number of benzene rings is 1. The first-order chi connectivity index (χ1) is 17.5. The lowest BCUT2D eigenvalue weighted by Crippen LogP contribution is -2.51. The van der Waals surface area contributed by atoms with Crippen LogP contribution < -0.4 is 10.1 Å². The van der Waals surface area contributed by atoms with E-state index in [0.717, 1.165) is 55.9 Å². The van der Waals surface area contributed by atoms with Gasteiger partial charge in [-0.15, -0.1) is 11.3 Å². The number of piperidine rings is 1. The van der Waals surface area contributed by atoms with Gasteiger partial charge in [-0.05, 0) is 48.2 Å². The molecule has 0 radical (unpaired) electrons. The van der Waals surface area contributed by atoms with E-state index in [9.17, 15) is 9.59 Å². The number of carbonyl (C=O) groups is 2. The fraction of sp³-hybridized carbons (Fsp3) is 0.393. The Balaban J connectivity index is 1.23. The van der Waals surface area contributed by atoms with Crippen molar-refractivity contribution in [2.24, 2.45) is 0 Å². The summed E-state index contributed by atoms with van der Waals surface area (Å²) in [7, 11) is 1.73. The normalized spacial score (nSPS) is 17.0. The number of likely N-dealkylation sites (tertiary alicyclic amines) is 1. The van der Waals surface area contributed by atoms with Gasteiger partial charge in [0.1, 0.15) is 11.4 Å². The third-order valence-electron chi connectivity index (χ3n) is 7.00. The number of rotatable bonds is 8. The Kier molecular flexibility index (Phi) is 7.46. The van der Waals surface area contributed by atoms with Gasteiger partial charge >= 0.3 is 0 Å². The third kappa shape index (κ3) is 5.51. The summed E-state index contributed by atoms with van der Waals surface area (Å²) in [6, 6.07) is 13.2. The van der Waals surface area contributed by atoms with Crippen LogP contribution in [0.2, 0.25) is 0 Å². The minimum Gasteiger partial charge on any atom is -0.486 e. The van der Waals surface area contributed by atoms with E-state index in [1.54, 1.807) is 30.7 Å². The maximum Gasteiger partial charge on any atom is 0.253 e. The van der Waals surface area contributed by atoms with Crippen molar-refractivity contribution in [1.82, 2.24) is 15.2 Å². The summed E-state index contributed by atoms with van der Waals surface area (Å²) >= 11 is 1.61. The van der Waals surface area contributed by atoms with E-state index in [1.807, 2.05) is 41.8 Å². The lowest BCUT2D eigenvalue weighted by molar-refractivity contribution is -0.0101. The van der Waals surface area contributed by atoms with Crippen molar-refractivity contribution >= 4 is 23.0 Å². The highest BCUT2D eigenvalue weighted by Crippen LogP contribution is 2.40. The summed E-state index contributed by atoms with van der Waals surface area (Å²) in [6.45, 7) is 4.15. The summed E-state index contributed by atoms with van der Waals surface area (Å²) < 4.78 is 11.6. The Hall–Kier alpha value is -3.07. The number of Topliss-reactive ketones (excluding diaryl/α,β-unsaturated/α-hetero) is 1. The predicted molar refractivity (Wildman–Crippen MR) is 140 cm³/mol. The fourth-order valence-electron chi connectivity index (χ4n) is 4.93. The summed E-state index contributed by atoms with van der Waals surface area (Å²) in [5.41, 5.74) is 2.26. The van der Waals surface area contributed by atoms with E-state index in [-0.39, 0.29) is 11.7 Å². The van der Waals surface area contributed by atoms with Crippen molar-refractivity contribution in [3.63, 3.8) is 0 Å². The van der Waals surface area contributed by atoms with Gasteiger partial charge < -0.3 is 19.7 Å². The number of hydrogen-bond acceptors (Lipinski definition) is 7. The number of hydrogen-bond donors (Lipinski definition) is 1. The Labute approximate surface area is 215 Å². The number of carbonyl (C=O) groups excluding carboxylic acids is 2. The van der Waals surface area contributed by atoms with Crippen LogP contribution in [-0.2, 0) is 11.3 Å². The number of methoxy groups -OCH3 is 1. The molecule has 0 aliphatic carbocycles. The Bertz CT molecular complexity index is 1200. The van der Waals surface area contributed by atoms with Crippen molar-refractivity contribution in [3.8, 4) is 17.0 Å². The monoisotopic (exact) mass is 505 g/mol. The van der Waals surface area contributed by atoms with E-state index in [1.165, 1.54) is 0 Å². The summed E-state index contributed by atoms with van der Waals surface area (Å²) in [6.07, 6.45) is 4.71. The highest BCUT2D eigenvalue weighted by atomic mass is 32.1. The molecule has 1 amide bonds. The quantitative estimate of drug-likeness (QED) is 0.452. The largest absolute Gasteiger partial charge is 0.486 e. The molecule has 1 spiro atoms. The maximum atomic E-state index is 13.2. The molecule has 1 N–H and O–H groups in total. The van der Waals surface area contributed by atoms with Crippen molar-refractivity contribution in [2.45, 2.75) is 37.8 Å².